The van der Waals surface area contributed by atoms with Crippen molar-refractivity contribution in [1.82, 2.24) is 4.90 Å². The highest BCUT2D eigenvalue weighted by Crippen LogP contribution is 2.19. The summed E-state index contributed by atoms with van der Waals surface area (Å²) in [5, 5.41) is 2.88. The summed E-state index contributed by atoms with van der Waals surface area (Å²) in [5.41, 5.74) is 1.65. The Hall–Kier alpha value is -3.80. The molecule has 0 saturated carbocycles. The number of ether oxygens (including phenoxy) is 2. The van der Waals surface area contributed by atoms with Crippen molar-refractivity contribution in [1.29, 1.82) is 0 Å². The maximum absolute atomic E-state index is 12.8. The molecule has 0 spiro atoms. The van der Waals surface area contributed by atoms with Crippen molar-refractivity contribution in [2.45, 2.75) is 19.3 Å². The average molecular weight is 445 g/mol. The van der Waals surface area contributed by atoms with Gasteiger partial charge in [0.25, 0.3) is 11.8 Å². The van der Waals surface area contributed by atoms with Crippen LogP contribution in [0.25, 0.3) is 0 Å². The van der Waals surface area contributed by atoms with Crippen LogP contribution in [0, 0.1) is 0 Å². The highest BCUT2D eigenvalue weighted by molar-refractivity contribution is 6.05. The molecule has 1 heterocycles. The van der Waals surface area contributed by atoms with E-state index < -0.39 is 0 Å². The van der Waals surface area contributed by atoms with Crippen LogP contribution in [-0.4, -0.2) is 43.0 Å². The molecule has 6 nitrogen and oxygen atoms in total. The third kappa shape index (κ3) is 6.35. The number of benzene rings is 3. The molecule has 170 valence electrons. The van der Waals surface area contributed by atoms with E-state index >= 15 is 0 Å². The first-order chi connectivity index (χ1) is 16.2. The smallest absolute Gasteiger partial charge is 0.255 e. The maximum atomic E-state index is 12.8. The van der Waals surface area contributed by atoms with Gasteiger partial charge in [-0.05, 0) is 67.8 Å². The molecule has 1 aliphatic heterocycles. The molecule has 3 aromatic rings. The number of carbonyl (C=O) groups excluding carboxylic acids is 2. The SMILES string of the molecule is O=C(Nc1cccc(C(=O)N2CCCCC2)c1)c1cccc(OCCOc2ccccc2)c1. The van der Waals surface area contributed by atoms with Crippen molar-refractivity contribution in [2.75, 3.05) is 31.6 Å². The van der Waals surface area contributed by atoms with Crippen LogP contribution in [-0.2, 0) is 0 Å². The monoisotopic (exact) mass is 444 g/mol. The zero-order chi connectivity index (χ0) is 22.9. The zero-order valence-corrected chi connectivity index (χ0v) is 18.5. The molecule has 0 bridgehead atoms. The molecule has 4 rings (SSSR count). The van der Waals surface area contributed by atoms with E-state index in [0.29, 0.717) is 35.8 Å². The molecule has 0 atom stereocenters. The molecular formula is C27H28N2O4. The number of rotatable bonds is 8. The molecule has 6 heteroatoms. The fraction of sp³-hybridized carbons (Fsp3) is 0.259. The van der Waals surface area contributed by atoms with E-state index in [0.717, 1.165) is 31.7 Å². The van der Waals surface area contributed by atoms with Gasteiger partial charge in [-0.1, -0.05) is 30.3 Å². The van der Waals surface area contributed by atoms with Crippen LogP contribution in [0.3, 0.4) is 0 Å². The highest BCUT2D eigenvalue weighted by atomic mass is 16.5. The van der Waals surface area contributed by atoms with Gasteiger partial charge in [0.2, 0.25) is 0 Å². The number of anilines is 1. The van der Waals surface area contributed by atoms with Crippen molar-refractivity contribution >= 4 is 17.5 Å². The Morgan fingerprint density at radius 2 is 1.39 bits per heavy atom. The number of likely N-dealkylation sites (tertiary alicyclic amines) is 1. The zero-order valence-electron chi connectivity index (χ0n) is 18.5. The Balaban J connectivity index is 1.32. The molecule has 1 N–H and O–H groups in total. The van der Waals surface area contributed by atoms with E-state index in [2.05, 4.69) is 5.32 Å². The lowest BCUT2D eigenvalue weighted by Gasteiger charge is -2.26. The summed E-state index contributed by atoms with van der Waals surface area (Å²) in [7, 11) is 0. The lowest BCUT2D eigenvalue weighted by atomic mass is 10.1. The number of nitrogens with one attached hydrogen (secondary N) is 1. The number of hydrogen-bond acceptors (Lipinski definition) is 4. The number of piperidine rings is 1. The topological polar surface area (TPSA) is 67.9 Å². The van der Waals surface area contributed by atoms with Crippen molar-refractivity contribution in [3.8, 4) is 11.5 Å². The summed E-state index contributed by atoms with van der Waals surface area (Å²) in [6, 6.07) is 23.6. The van der Waals surface area contributed by atoms with Crippen LogP contribution in [0.5, 0.6) is 11.5 Å². The summed E-state index contributed by atoms with van der Waals surface area (Å²) >= 11 is 0. The summed E-state index contributed by atoms with van der Waals surface area (Å²) in [5.74, 6) is 1.13. The molecule has 33 heavy (non-hydrogen) atoms. The van der Waals surface area contributed by atoms with Gasteiger partial charge in [0.05, 0.1) is 0 Å². The minimum atomic E-state index is -0.261. The third-order valence-electron chi connectivity index (χ3n) is 5.47. The molecule has 0 aromatic heterocycles. The van der Waals surface area contributed by atoms with E-state index in [4.69, 9.17) is 9.47 Å². The second-order valence-corrected chi connectivity index (χ2v) is 7.93. The number of para-hydroxylation sites is 1. The number of hydrogen-bond donors (Lipinski definition) is 1. The molecule has 3 aromatic carbocycles. The summed E-state index contributed by atoms with van der Waals surface area (Å²) < 4.78 is 11.4. The largest absolute Gasteiger partial charge is 0.490 e. The Kier molecular flexibility index (Phi) is 7.59. The molecule has 0 unspecified atom stereocenters. The van der Waals surface area contributed by atoms with Gasteiger partial charge >= 0.3 is 0 Å². The van der Waals surface area contributed by atoms with E-state index in [-0.39, 0.29) is 11.8 Å². The van der Waals surface area contributed by atoms with Crippen molar-refractivity contribution in [3.63, 3.8) is 0 Å². The van der Waals surface area contributed by atoms with Crippen LogP contribution in [0.15, 0.2) is 78.9 Å². The molecular weight excluding hydrogens is 416 g/mol. The minimum absolute atomic E-state index is 0.0129. The van der Waals surface area contributed by atoms with Gasteiger partial charge in [-0.25, -0.2) is 0 Å². The second-order valence-electron chi connectivity index (χ2n) is 7.93. The van der Waals surface area contributed by atoms with Gasteiger partial charge in [0.15, 0.2) is 0 Å². The van der Waals surface area contributed by atoms with Gasteiger partial charge < -0.3 is 19.7 Å². The fourth-order valence-electron chi connectivity index (χ4n) is 3.78. The Morgan fingerprint density at radius 3 is 2.18 bits per heavy atom. The predicted molar refractivity (Wildman–Crippen MR) is 128 cm³/mol. The van der Waals surface area contributed by atoms with Crippen LogP contribution >= 0.6 is 0 Å². The predicted octanol–water partition coefficient (Wildman–Crippen LogP) is 5.02. The lowest BCUT2D eigenvalue weighted by molar-refractivity contribution is 0.0724. The minimum Gasteiger partial charge on any atom is -0.490 e. The van der Waals surface area contributed by atoms with E-state index in [1.54, 1.807) is 48.5 Å². The van der Waals surface area contributed by atoms with Gasteiger partial charge in [-0.15, -0.1) is 0 Å². The van der Waals surface area contributed by atoms with Crippen LogP contribution in [0.4, 0.5) is 5.69 Å². The van der Waals surface area contributed by atoms with Crippen molar-refractivity contribution < 1.29 is 19.1 Å². The first-order valence-electron chi connectivity index (χ1n) is 11.3. The molecule has 1 saturated heterocycles. The first kappa shape index (κ1) is 22.4. The van der Waals surface area contributed by atoms with E-state index in [1.165, 1.54) is 6.42 Å². The number of nitrogens with zero attached hydrogens (tertiary/aromatic N) is 1. The van der Waals surface area contributed by atoms with Crippen LogP contribution < -0.4 is 14.8 Å². The van der Waals surface area contributed by atoms with Gasteiger partial charge in [0, 0.05) is 29.9 Å². The summed E-state index contributed by atoms with van der Waals surface area (Å²) in [4.78, 5) is 27.4. The van der Waals surface area contributed by atoms with Crippen LogP contribution in [0.1, 0.15) is 40.0 Å². The third-order valence-corrected chi connectivity index (χ3v) is 5.47. The molecule has 1 fully saturated rings. The van der Waals surface area contributed by atoms with Crippen LogP contribution in [0.2, 0.25) is 0 Å². The second kappa shape index (κ2) is 11.2. The highest BCUT2D eigenvalue weighted by Gasteiger charge is 2.18. The maximum Gasteiger partial charge on any atom is 0.255 e. The Morgan fingerprint density at radius 1 is 0.727 bits per heavy atom. The molecule has 0 aliphatic carbocycles. The standard InChI is InChI=1S/C27H28N2O4/c30-26(28-23-11-7-10-22(19-23)27(31)29-15-5-2-6-16-29)21-9-8-14-25(20-21)33-18-17-32-24-12-3-1-4-13-24/h1,3-4,7-14,19-20H,2,5-6,15-18H2,(H,28,30). The van der Waals surface area contributed by atoms with Gasteiger partial charge in [0.1, 0.15) is 24.7 Å². The fourth-order valence-corrected chi connectivity index (χ4v) is 3.78. The average Bonchev–Trinajstić information content (AvgIpc) is 2.88. The normalized spacial score (nSPS) is 13.3. The Labute approximate surface area is 194 Å². The molecule has 1 aliphatic rings. The van der Waals surface area contributed by atoms with Gasteiger partial charge in [-0.2, -0.15) is 0 Å². The number of amides is 2. The Bertz CT molecular complexity index is 1080. The van der Waals surface area contributed by atoms with E-state index in [1.807, 2.05) is 35.2 Å². The number of carbonyl (C=O) groups is 2. The summed E-state index contributed by atoms with van der Waals surface area (Å²) in [6.45, 7) is 2.34. The molecule has 0 radical (unpaired) electrons. The quantitative estimate of drug-likeness (QED) is 0.495. The van der Waals surface area contributed by atoms with E-state index in [9.17, 15) is 9.59 Å². The van der Waals surface area contributed by atoms with Crippen molar-refractivity contribution in [2.24, 2.45) is 0 Å². The van der Waals surface area contributed by atoms with Crippen molar-refractivity contribution in [3.05, 3.63) is 90.0 Å². The lowest BCUT2D eigenvalue weighted by Crippen LogP contribution is -2.35. The van der Waals surface area contributed by atoms with Gasteiger partial charge in [-0.3, -0.25) is 9.59 Å². The first-order valence-corrected chi connectivity index (χ1v) is 11.3. The molecule has 2 amide bonds. The summed E-state index contributed by atoms with van der Waals surface area (Å²) in [6.07, 6.45) is 3.25.